The van der Waals surface area contributed by atoms with Gasteiger partial charge in [0.15, 0.2) is 0 Å². The summed E-state index contributed by atoms with van der Waals surface area (Å²) in [6, 6.07) is 18.6. The van der Waals surface area contributed by atoms with Crippen molar-refractivity contribution in [3.63, 3.8) is 0 Å². The Kier molecular flexibility index (Phi) is 4.48. The molecule has 6 heteroatoms. The first-order chi connectivity index (χ1) is 13.2. The lowest BCUT2D eigenvalue weighted by atomic mass is 10.1. The lowest BCUT2D eigenvalue weighted by Gasteiger charge is -2.13. The lowest BCUT2D eigenvalue weighted by Crippen LogP contribution is -2.24. The molecule has 4 aromatic rings. The molecular formula is C21H19N3O3. The highest BCUT2D eigenvalue weighted by molar-refractivity contribution is 5.66. The summed E-state index contributed by atoms with van der Waals surface area (Å²) in [5, 5.41) is 14.9. The van der Waals surface area contributed by atoms with E-state index >= 15 is 0 Å². The molecule has 0 saturated heterocycles. The highest BCUT2D eigenvalue weighted by Gasteiger charge is 2.13. The fraction of sp³-hybridized carbons (Fsp3) is 0.143. The number of rotatable bonds is 5. The van der Waals surface area contributed by atoms with Crippen molar-refractivity contribution >= 4 is 5.52 Å². The van der Waals surface area contributed by atoms with Gasteiger partial charge in [0.05, 0.1) is 25.5 Å². The van der Waals surface area contributed by atoms with Gasteiger partial charge < -0.3 is 14.4 Å². The van der Waals surface area contributed by atoms with Crippen LogP contribution in [-0.2, 0) is 6.54 Å². The van der Waals surface area contributed by atoms with Crippen molar-refractivity contribution in [2.45, 2.75) is 12.6 Å². The number of fused-ring (bicyclic) bond motifs is 1. The number of aromatic nitrogens is 3. The second-order valence-electron chi connectivity index (χ2n) is 6.27. The van der Waals surface area contributed by atoms with Crippen LogP contribution in [0.15, 0.2) is 77.9 Å². The van der Waals surface area contributed by atoms with Crippen LogP contribution >= 0.6 is 0 Å². The molecule has 4 rings (SSSR count). The molecular weight excluding hydrogens is 342 g/mol. The van der Waals surface area contributed by atoms with E-state index in [0.29, 0.717) is 11.2 Å². The fourth-order valence-electron chi connectivity index (χ4n) is 3.06. The third kappa shape index (κ3) is 3.35. The number of hydrogen-bond donors (Lipinski definition) is 1. The maximum absolute atomic E-state index is 12.8. The molecule has 0 aliphatic heterocycles. The van der Waals surface area contributed by atoms with Gasteiger partial charge in [0.1, 0.15) is 11.3 Å². The average Bonchev–Trinajstić information content (AvgIpc) is 3.16. The van der Waals surface area contributed by atoms with Gasteiger partial charge in [-0.25, -0.2) is 4.52 Å². The van der Waals surface area contributed by atoms with E-state index in [9.17, 15) is 9.90 Å². The number of nitrogens with zero attached hydrogens (tertiary/aromatic N) is 3. The second kappa shape index (κ2) is 7.09. The van der Waals surface area contributed by atoms with Gasteiger partial charge in [-0.2, -0.15) is 5.10 Å². The molecule has 0 bridgehead atoms. The molecule has 1 atom stereocenters. The largest absolute Gasteiger partial charge is 0.497 e. The summed E-state index contributed by atoms with van der Waals surface area (Å²) in [6.45, 7) is 0.180. The maximum Gasteiger partial charge on any atom is 0.276 e. The van der Waals surface area contributed by atoms with Gasteiger partial charge in [-0.3, -0.25) is 4.79 Å². The van der Waals surface area contributed by atoms with Gasteiger partial charge in [0, 0.05) is 18.0 Å². The Morgan fingerprint density at radius 2 is 1.89 bits per heavy atom. The zero-order chi connectivity index (χ0) is 18.8. The van der Waals surface area contributed by atoms with E-state index in [-0.39, 0.29) is 12.1 Å². The number of hydrogen-bond acceptors (Lipinski definition) is 4. The summed E-state index contributed by atoms with van der Waals surface area (Å²) in [6.07, 6.45) is 2.61. The molecule has 136 valence electrons. The van der Waals surface area contributed by atoms with Crippen molar-refractivity contribution in [2.24, 2.45) is 0 Å². The van der Waals surface area contributed by atoms with Crippen molar-refractivity contribution in [2.75, 3.05) is 7.11 Å². The Balaban J connectivity index is 1.69. The van der Waals surface area contributed by atoms with Crippen molar-refractivity contribution in [3.8, 4) is 17.0 Å². The Labute approximate surface area is 155 Å². The number of methoxy groups -OCH3 is 1. The van der Waals surface area contributed by atoms with Gasteiger partial charge in [0.2, 0.25) is 0 Å². The molecule has 0 amide bonds. The molecule has 0 radical (unpaired) electrons. The Hall–Kier alpha value is -3.38. The first-order valence-corrected chi connectivity index (χ1v) is 8.62. The van der Waals surface area contributed by atoms with Crippen LogP contribution < -0.4 is 10.3 Å². The summed E-state index contributed by atoms with van der Waals surface area (Å²) in [7, 11) is 1.61. The standard InChI is InChI=1S/C21H19N3O3/c1-27-17-9-5-8-16(12-17)18-13-19-21(26)23(10-11-24(19)22-18)14-20(25)15-6-3-2-4-7-15/h2-13,20,25H,14H2,1H3/t20-/m0/s1. The predicted octanol–water partition coefficient (Wildman–Crippen LogP) is 2.91. The van der Waals surface area contributed by atoms with Crippen molar-refractivity contribution in [1.29, 1.82) is 0 Å². The minimum Gasteiger partial charge on any atom is -0.497 e. The monoisotopic (exact) mass is 361 g/mol. The third-order valence-electron chi connectivity index (χ3n) is 4.52. The van der Waals surface area contributed by atoms with Crippen LogP contribution in [0.3, 0.4) is 0 Å². The molecule has 1 N–H and O–H groups in total. The van der Waals surface area contributed by atoms with Crippen LogP contribution in [0.1, 0.15) is 11.7 Å². The summed E-state index contributed by atoms with van der Waals surface area (Å²) in [5.74, 6) is 0.730. The number of aliphatic hydroxyl groups is 1. The SMILES string of the molecule is COc1cccc(-c2cc3c(=O)n(C[C@H](O)c4ccccc4)ccn3n2)c1. The fourth-order valence-corrected chi connectivity index (χ4v) is 3.06. The van der Waals surface area contributed by atoms with Gasteiger partial charge in [-0.05, 0) is 23.8 Å². The molecule has 0 aliphatic rings. The quantitative estimate of drug-likeness (QED) is 0.593. The summed E-state index contributed by atoms with van der Waals surface area (Å²) >= 11 is 0. The van der Waals surface area contributed by atoms with E-state index in [1.165, 1.54) is 4.57 Å². The van der Waals surface area contributed by atoms with Crippen LogP contribution in [0.4, 0.5) is 0 Å². The predicted molar refractivity (Wildman–Crippen MR) is 103 cm³/mol. The van der Waals surface area contributed by atoms with Gasteiger partial charge >= 0.3 is 0 Å². The molecule has 0 unspecified atom stereocenters. The van der Waals surface area contributed by atoms with Gasteiger partial charge in [-0.1, -0.05) is 42.5 Å². The molecule has 0 spiro atoms. The zero-order valence-corrected chi connectivity index (χ0v) is 14.8. The van der Waals surface area contributed by atoms with E-state index in [0.717, 1.165) is 16.9 Å². The first kappa shape index (κ1) is 17.1. The van der Waals surface area contributed by atoms with Gasteiger partial charge in [0.25, 0.3) is 5.56 Å². The normalized spacial score (nSPS) is 12.2. The van der Waals surface area contributed by atoms with E-state index in [4.69, 9.17) is 4.74 Å². The third-order valence-corrected chi connectivity index (χ3v) is 4.52. The minimum absolute atomic E-state index is 0.180. The van der Waals surface area contributed by atoms with E-state index < -0.39 is 6.10 Å². The minimum atomic E-state index is -0.757. The summed E-state index contributed by atoms with van der Waals surface area (Å²) < 4.78 is 8.31. The van der Waals surface area contributed by atoms with Gasteiger partial charge in [-0.15, -0.1) is 0 Å². The van der Waals surface area contributed by atoms with Crippen LogP contribution in [0.2, 0.25) is 0 Å². The molecule has 0 fully saturated rings. The zero-order valence-electron chi connectivity index (χ0n) is 14.8. The van der Waals surface area contributed by atoms with Crippen LogP contribution in [0, 0.1) is 0 Å². The van der Waals surface area contributed by atoms with Crippen LogP contribution in [0.25, 0.3) is 16.8 Å². The summed E-state index contributed by atoms with van der Waals surface area (Å²) in [4.78, 5) is 12.8. The summed E-state index contributed by atoms with van der Waals surface area (Å²) in [5.41, 5.74) is 2.58. The average molecular weight is 361 g/mol. The van der Waals surface area contributed by atoms with Crippen LogP contribution in [0.5, 0.6) is 5.75 Å². The van der Waals surface area contributed by atoms with Crippen molar-refractivity contribution in [3.05, 3.63) is 89.0 Å². The lowest BCUT2D eigenvalue weighted by molar-refractivity contribution is 0.155. The highest BCUT2D eigenvalue weighted by Crippen LogP contribution is 2.23. The molecule has 0 aliphatic carbocycles. The smallest absolute Gasteiger partial charge is 0.276 e. The Morgan fingerprint density at radius 1 is 1.07 bits per heavy atom. The molecule has 27 heavy (non-hydrogen) atoms. The topological polar surface area (TPSA) is 68.8 Å². The van der Waals surface area contributed by atoms with E-state index in [1.54, 1.807) is 30.1 Å². The maximum atomic E-state index is 12.8. The Bertz CT molecular complexity index is 1130. The molecule has 2 aromatic heterocycles. The molecule has 0 saturated carbocycles. The number of benzene rings is 2. The second-order valence-corrected chi connectivity index (χ2v) is 6.27. The van der Waals surface area contributed by atoms with E-state index in [2.05, 4.69) is 5.10 Å². The molecule has 2 aromatic carbocycles. The van der Waals surface area contributed by atoms with Crippen molar-refractivity contribution < 1.29 is 9.84 Å². The molecule has 2 heterocycles. The Morgan fingerprint density at radius 3 is 2.67 bits per heavy atom. The molecule has 6 nitrogen and oxygen atoms in total. The number of ether oxygens (including phenoxy) is 1. The van der Waals surface area contributed by atoms with Crippen LogP contribution in [-0.4, -0.2) is 26.4 Å². The highest BCUT2D eigenvalue weighted by atomic mass is 16.5. The number of aliphatic hydroxyl groups excluding tert-OH is 1. The first-order valence-electron chi connectivity index (χ1n) is 8.62. The van der Waals surface area contributed by atoms with Crippen molar-refractivity contribution in [1.82, 2.24) is 14.2 Å². The van der Waals surface area contributed by atoms with E-state index in [1.807, 2.05) is 54.6 Å².